The molecular weight excluding hydrogens is 260 g/mol. The van der Waals surface area contributed by atoms with E-state index < -0.39 is 0 Å². The fraction of sp³-hybridized carbons (Fsp3) is 0.429. The summed E-state index contributed by atoms with van der Waals surface area (Å²) in [7, 11) is 0. The Balaban J connectivity index is 3.28. The summed E-state index contributed by atoms with van der Waals surface area (Å²) in [5.41, 5.74) is 0.933. The van der Waals surface area contributed by atoms with Crippen LogP contribution in [0, 0.1) is 22.7 Å². The Morgan fingerprint density at radius 2 is 1.17 bits per heavy atom. The van der Waals surface area contributed by atoms with E-state index in [1.54, 1.807) is 23.5 Å². The third-order valence-corrected chi connectivity index (χ3v) is 4.31. The van der Waals surface area contributed by atoms with Crippen LogP contribution in [0.4, 0.5) is 0 Å². The Bertz CT molecular complexity index is 461. The molecule has 0 N–H and O–H groups in total. The maximum atomic E-state index is 9.06. The summed E-state index contributed by atoms with van der Waals surface area (Å²) in [6, 6.07) is 7.87. The van der Waals surface area contributed by atoms with Crippen LogP contribution in [-0.2, 0) is 0 Å². The van der Waals surface area contributed by atoms with Crippen molar-refractivity contribution in [1.82, 2.24) is 0 Å². The van der Waals surface area contributed by atoms with E-state index in [4.69, 9.17) is 10.5 Å². The number of hydrogen-bond acceptors (Lipinski definition) is 4. The van der Waals surface area contributed by atoms with Gasteiger partial charge in [-0.15, -0.1) is 23.5 Å². The summed E-state index contributed by atoms with van der Waals surface area (Å²) in [4.78, 5) is 2.19. The van der Waals surface area contributed by atoms with Crippen LogP contribution in [0.15, 0.2) is 21.9 Å². The molecule has 0 fully saturated rings. The molecule has 1 rings (SSSR count). The summed E-state index contributed by atoms with van der Waals surface area (Å²) < 4.78 is 0. The average Bonchev–Trinajstić information content (AvgIpc) is 2.29. The standard InChI is InChI=1S/C14H16N2S2/c1-9(2)17-13-5-11(7-15)12(8-16)6-14(13)18-10(3)4/h5-6,9-10H,1-4H3. The van der Waals surface area contributed by atoms with E-state index >= 15 is 0 Å². The topological polar surface area (TPSA) is 47.6 Å². The molecule has 0 aromatic heterocycles. The zero-order chi connectivity index (χ0) is 13.7. The second-order valence-corrected chi connectivity index (χ2v) is 7.64. The van der Waals surface area contributed by atoms with Gasteiger partial charge in [0.15, 0.2) is 0 Å². The molecule has 1 aromatic carbocycles. The van der Waals surface area contributed by atoms with Gasteiger partial charge < -0.3 is 0 Å². The number of rotatable bonds is 4. The minimum Gasteiger partial charge on any atom is -0.192 e. The Morgan fingerprint density at radius 1 is 0.833 bits per heavy atom. The van der Waals surface area contributed by atoms with E-state index in [0.717, 1.165) is 9.79 Å². The van der Waals surface area contributed by atoms with Crippen LogP contribution in [0.5, 0.6) is 0 Å². The van der Waals surface area contributed by atoms with Crippen LogP contribution in [0.3, 0.4) is 0 Å². The number of hydrogen-bond donors (Lipinski definition) is 0. The van der Waals surface area contributed by atoms with Crippen LogP contribution in [0.2, 0.25) is 0 Å². The van der Waals surface area contributed by atoms with Gasteiger partial charge in [0.2, 0.25) is 0 Å². The molecule has 0 atom stereocenters. The fourth-order valence-corrected chi connectivity index (χ4v) is 3.46. The second kappa shape index (κ2) is 6.73. The van der Waals surface area contributed by atoms with Gasteiger partial charge in [0.1, 0.15) is 12.1 Å². The van der Waals surface area contributed by atoms with Crippen molar-refractivity contribution in [3.05, 3.63) is 23.3 Å². The molecule has 0 spiro atoms. The quantitative estimate of drug-likeness (QED) is 0.763. The van der Waals surface area contributed by atoms with Crippen molar-refractivity contribution in [2.24, 2.45) is 0 Å². The van der Waals surface area contributed by atoms with E-state index in [2.05, 4.69) is 39.8 Å². The first-order valence-corrected chi connectivity index (χ1v) is 7.55. The van der Waals surface area contributed by atoms with Gasteiger partial charge in [0, 0.05) is 20.3 Å². The lowest BCUT2D eigenvalue weighted by atomic mass is 10.1. The molecule has 0 aliphatic rings. The van der Waals surface area contributed by atoms with Gasteiger partial charge in [-0.2, -0.15) is 10.5 Å². The molecule has 2 nitrogen and oxygen atoms in total. The Labute approximate surface area is 117 Å². The van der Waals surface area contributed by atoms with E-state index in [1.807, 2.05) is 12.1 Å². The number of thioether (sulfide) groups is 2. The van der Waals surface area contributed by atoms with E-state index in [1.165, 1.54) is 0 Å². The molecule has 0 radical (unpaired) electrons. The largest absolute Gasteiger partial charge is 0.192 e. The molecule has 0 saturated carbocycles. The van der Waals surface area contributed by atoms with Crippen LogP contribution >= 0.6 is 23.5 Å². The first kappa shape index (κ1) is 15.0. The Morgan fingerprint density at radius 3 is 1.39 bits per heavy atom. The highest BCUT2D eigenvalue weighted by Crippen LogP contribution is 2.37. The third-order valence-electron chi connectivity index (χ3n) is 2.05. The SMILES string of the molecule is CC(C)Sc1cc(C#N)c(C#N)cc1SC(C)C. The Hall–Kier alpha value is -1.10. The number of benzene rings is 1. The first-order valence-electron chi connectivity index (χ1n) is 5.79. The van der Waals surface area contributed by atoms with E-state index in [-0.39, 0.29) is 0 Å². The van der Waals surface area contributed by atoms with Gasteiger partial charge in [0.05, 0.1) is 11.1 Å². The highest BCUT2D eigenvalue weighted by Gasteiger charge is 2.13. The average molecular weight is 276 g/mol. The second-order valence-electron chi connectivity index (χ2n) is 4.40. The van der Waals surface area contributed by atoms with Crippen molar-refractivity contribution in [2.75, 3.05) is 0 Å². The zero-order valence-corrected chi connectivity index (χ0v) is 12.7. The summed E-state index contributed by atoms with van der Waals surface area (Å²) in [6.45, 7) is 8.49. The fourth-order valence-electron chi connectivity index (χ4n) is 1.44. The molecule has 0 aliphatic carbocycles. The van der Waals surface area contributed by atoms with Crippen LogP contribution < -0.4 is 0 Å². The molecule has 1 aromatic rings. The molecule has 0 bridgehead atoms. The maximum absolute atomic E-state index is 9.06. The van der Waals surface area contributed by atoms with Gasteiger partial charge in [-0.1, -0.05) is 27.7 Å². The van der Waals surface area contributed by atoms with E-state index in [9.17, 15) is 0 Å². The summed E-state index contributed by atoms with van der Waals surface area (Å²) in [6.07, 6.45) is 0. The summed E-state index contributed by atoms with van der Waals surface area (Å²) in [5.74, 6) is 0. The highest BCUT2D eigenvalue weighted by molar-refractivity contribution is 8.02. The summed E-state index contributed by atoms with van der Waals surface area (Å²) in [5, 5.41) is 19.0. The van der Waals surface area contributed by atoms with Crippen LogP contribution in [-0.4, -0.2) is 10.5 Å². The van der Waals surface area contributed by atoms with Gasteiger partial charge in [-0.3, -0.25) is 0 Å². The normalized spacial score (nSPS) is 10.4. The van der Waals surface area contributed by atoms with Gasteiger partial charge in [-0.25, -0.2) is 0 Å². The number of nitriles is 2. The smallest absolute Gasteiger partial charge is 0.101 e. The maximum Gasteiger partial charge on any atom is 0.101 e. The third kappa shape index (κ3) is 3.98. The lowest BCUT2D eigenvalue weighted by molar-refractivity contribution is 1.08. The Kier molecular flexibility index (Phi) is 5.59. The molecule has 0 unspecified atom stereocenters. The molecule has 0 heterocycles. The minimum atomic E-state index is 0.455. The molecule has 0 amide bonds. The van der Waals surface area contributed by atoms with Crippen molar-refractivity contribution < 1.29 is 0 Å². The zero-order valence-electron chi connectivity index (χ0n) is 11.0. The van der Waals surface area contributed by atoms with Crippen molar-refractivity contribution >= 4 is 23.5 Å². The molecule has 0 saturated heterocycles. The van der Waals surface area contributed by atoms with Crippen molar-refractivity contribution in [1.29, 1.82) is 10.5 Å². The van der Waals surface area contributed by atoms with Crippen molar-refractivity contribution in [3.8, 4) is 12.1 Å². The van der Waals surface area contributed by atoms with Crippen molar-refractivity contribution in [3.63, 3.8) is 0 Å². The predicted octanol–water partition coefficient (Wildman–Crippen LogP) is 4.43. The molecule has 18 heavy (non-hydrogen) atoms. The number of nitrogens with zero attached hydrogens (tertiary/aromatic N) is 2. The molecule has 4 heteroatoms. The van der Waals surface area contributed by atoms with E-state index in [0.29, 0.717) is 21.6 Å². The van der Waals surface area contributed by atoms with Crippen LogP contribution in [0.1, 0.15) is 38.8 Å². The van der Waals surface area contributed by atoms with Crippen LogP contribution in [0.25, 0.3) is 0 Å². The predicted molar refractivity (Wildman–Crippen MR) is 77.9 cm³/mol. The lowest BCUT2D eigenvalue weighted by Gasteiger charge is -2.14. The molecule has 94 valence electrons. The monoisotopic (exact) mass is 276 g/mol. The first-order chi connectivity index (χ1) is 8.47. The van der Waals surface area contributed by atoms with Gasteiger partial charge >= 0.3 is 0 Å². The molecule has 0 aliphatic heterocycles. The highest BCUT2D eigenvalue weighted by atomic mass is 32.2. The van der Waals surface area contributed by atoms with Gasteiger partial charge in [0.25, 0.3) is 0 Å². The summed E-state index contributed by atoms with van der Waals surface area (Å²) >= 11 is 3.47. The lowest BCUT2D eigenvalue weighted by Crippen LogP contribution is -1.95. The minimum absolute atomic E-state index is 0.455. The van der Waals surface area contributed by atoms with Gasteiger partial charge in [-0.05, 0) is 12.1 Å². The van der Waals surface area contributed by atoms with Crippen molar-refractivity contribution in [2.45, 2.75) is 48.0 Å². The molecular formula is C14H16N2S2.